The summed E-state index contributed by atoms with van der Waals surface area (Å²) in [6, 6.07) is 0. The average Bonchev–Trinajstić information content (AvgIpc) is 2.94. The lowest BCUT2D eigenvalue weighted by Crippen LogP contribution is -2.26. The topological polar surface area (TPSA) is 59.5 Å². The number of anilines is 1. The Kier molecular flexibility index (Phi) is 3.65. The highest BCUT2D eigenvalue weighted by Crippen LogP contribution is 2.30. The van der Waals surface area contributed by atoms with Gasteiger partial charge in [0.05, 0.1) is 18.7 Å². The lowest BCUT2D eigenvalue weighted by Gasteiger charge is -2.12. The molecule has 6 heteroatoms. The van der Waals surface area contributed by atoms with Gasteiger partial charge in [-0.3, -0.25) is 14.5 Å². The third-order valence-corrected chi connectivity index (χ3v) is 3.87. The molecular formula is C12H16N2O3S. The van der Waals surface area contributed by atoms with Crippen LogP contribution in [-0.4, -0.2) is 30.5 Å². The van der Waals surface area contributed by atoms with Gasteiger partial charge in [-0.05, 0) is 5.92 Å². The number of carbonyl (C=O) groups excluding carboxylic acids is 2. The minimum atomic E-state index is -0.367. The normalized spacial score (nSPS) is 19.7. The van der Waals surface area contributed by atoms with E-state index in [1.165, 1.54) is 18.4 Å². The Morgan fingerprint density at radius 1 is 1.61 bits per heavy atom. The first-order valence-electron chi connectivity index (χ1n) is 5.86. The number of hydrogen-bond acceptors (Lipinski definition) is 5. The van der Waals surface area contributed by atoms with Crippen LogP contribution in [0.3, 0.4) is 0 Å². The summed E-state index contributed by atoms with van der Waals surface area (Å²) in [5.41, 5.74) is 0.976. The second-order valence-electron chi connectivity index (χ2n) is 4.64. The molecule has 0 N–H and O–H groups in total. The van der Waals surface area contributed by atoms with E-state index in [1.54, 1.807) is 4.90 Å². The first-order valence-corrected chi connectivity index (χ1v) is 6.74. The molecule has 0 aliphatic carbocycles. The third kappa shape index (κ3) is 2.38. The number of hydrogen-bond donors (Lipinski definition) is 0. The number of ether oxygens (including phenoxy) is 1. The first kappa shape index (κ1) is 13.0. The van der Waals surface area contributed by atoms with E-state index in [4.69, 9.17) is 0 Å². The van der Waals surface area contributed by atoms with Crippen LogP contribution in [0.4, 0.5) is 5.13 Å². The minimum Gasteiger partial charge on any atom is -0.469 e. The molecule has 0 aromatic carbocycles. The molecule has 2 rings (SSSR count). The van der Waals surface area contributed by atoms with Gasteiger partial charge in [-0.25, -0.2) is 4.98 Å². The van der Waals surface area contributed by atoms with E-state index >= 15 is 0 Å². The van der Waals surface area contributed by atoms with Crippen LogP contribution in [0.15, 0.2) is 5.38 Å². The number of esters is 1. The summed E-state index contributed by atoms with van der Waals surface area (Å²) < 4.78 is 4.68. The van der Waals surface area contributed by atoms with E-state index in [1.807, 2.05) is 5.38 Å². The average molecular weight is 268 g/mol. The van der Waals surface area contributed by atoms with E-state index in [0.29, 0.717) is 17.6 Å². The highest BCUT2D eigenvalue weighted by Gasteiger charge is 2.37. The predicted octanol–water partition coefficient (Wildman–Crippen LogP) is 1.79. The van der Waals surface area contributed by atoms with Crippen LogP contribution in [0.5, 0.6) is 0 Å². The van der Waals surface area contributed by atoms with Gasteiger partial charge in [-0.15, -0.1) is 11.3 Å². The fraction of sp³-hybridized carbons (Fsp3) is 0.583. The van der Waals surface area contributed by atoms with Crippen molar-refractivity contribution in [1.29, 1.82) is 0 Å². The Hall–Kier alpha value is -1.43. The maximum atomic E-state index is 11.9. The molecule has 1 fully saturated rings. The summed E-state index contributed by atoms with van der Waals surface area (Å²) in [5, 5.41) is 2.63. The molecule has 5 nitrogen and oxygen atoms in total. The highest BCUT2D eigenvalue weighted by atomic mass is 32.1. The van der Waals surface area contributed by atoms with Crippen LogP contribution in [-0.2, 0) is 14.3 Å². The molecule has 18 heavy (non-hydrogen) atoms. The molecule has 2 heterocycles. The van der Waals surface area contributed by atoms with Crippen molar-refractivity contribution in [2.45, 2.75) is 26.2 Å². The molecule has 1 aromatic heterocycles. The van der Waals surface area contributed by atoms with Crippen molar-refractivity contribution in [3.8, 4) is 0 Å². The molecule has 1 aliphatic heterocycles. The van der Waals surface area contributed by atoms with Crippen molar-refractivity contribution in [1.82, 2.24) is 4.98 Å². The minimum absolute atomic E-state index is 0.0601. The summed E-state index contributed by atoms with van der Waals surface area (Å²) in [6.07, 6.45) is 0.212. The molecular weight excluding hydrogens is 252 g/mol. The van der Waals surface area contributed by atoms with Gasteiger partial charge in [-0.2, -0.15) is 0 Å². The zero-order valence-corrected chi connectivity index (χ0v) is 11.5. The standard InChI is InChI=1S/C12H16N2O3S/c1-7(2)9-6-18-12(13-9)14-5-8(4-10(14)15)11(16)17-3/h6-8H,4-5H2,1-3H3. The molecule has 1 unspecified atom stereocenters. The van der Waals surface area contributed by atoms with Gasteiger partial charge in [0.15, 0.2) is 5.13 Å². The molecule has 1 atom stereocenters. The van der Waals surface area contributed by atoms with Gasteiger partial charge in [0.25, 0.3) is 0 Å². The van der Waals surface area contributed by atoms with Crippen molar-refractivity contribution in [2.75, 3.05) is 18.6 Å². The third-order valence-electron chi connectivity index (χ3n) is 2.99. The summed E-state index contributed by atoms with van der Waals surface area (Å²) in [6.45, 7) is 4.49. The molecule has 1 aromatic rings. The second kappa shape index (κ2) is 5.06. The molecule has 98 valence electrons. The number of nitrogens with zero attached hydrogens (tertiary/aromatic N) is 2. The highest BCUT2D eigenvalue weighted by molar-refractivity contribution is 7.14. The van der Waals surface area contributed by atoms with Gasteiger partial charge in [0.1, 0.15) is 0 Å². The summed E-state index contributed by atoms with van der Waals surface area (Å²) in [7, 11) is 1.34. The van der Waals surface area contributed by atoms with E-state index < -0.39 is 0 Å². The van der Waals surface area contributed by atoms with Crippen LogP contribution in [0.25, 0.3) is 0 Å². The fourth-order valence-corrected chi connectivity index (χ4v) is 2.90. The number of thiazole rings is 1. The maximum absolute atomic E-state index is 11.9. The molecule has 0 spiro atoms. The van der Waals surface area contributed by atoms with Gasteiger partial charge < -0.3 is 4.74 Å². The Bertz CT molecular complexity index is 470. The summed E-state index contributed by atoms with van der Waals surface area (Å²) >= 11 is 1.44. The largest absolute Gasteiger partial charge is 0.469 e. The lowest BCUT2D eigenvalue weighted by molar-refractivity contribution is -0.145. The van der Waals surface area contributed by atoms with Crippen molar-refractivity contribution in [3.05, 3.63) is 11.1 Å². The van der Waals surface area contributed by atoms with E-state index in [-0.39, 0.29) is 24.2 Å². The van der Waals surface area contributed by atoms with Crippen LogP contribution >= 0.6 is 11.3 Å². The smallest absolute Gasteiger partial charge is 0.311 e. The van der Waals surface area contributed by atoms with Crippen molar-refractivity contribution in [2.24, 2.45) is 5.92 Å². The van der Waals surface area contributed by atoms with Gasteiger partial charge in [-0.1, -0.05) is 13.8 Å². The maximum Gasteiger partial charge on any atom is 0.311 e. The Balaban J connectivity index is 2.14. The SMILES string of the molecule is COC(=O)C1CC(=O)N(c2nc(C(C)C)cs2)C1. The van der Waals surface area contributed by atoms with Crippen LogP contribution in [0.1, 0.15) is 31.9 Å². The van der Waals surface area contributed by atoms with Crippen molar-refractivity contribution in [3.63, 3.8) is 0 Å². The van der Waals surface area contributed by atoms with Gasteiger partial charge >= 0.3 is 5.97 Å². The summed E-state index contributed by atoms with van der Waals surface area (Å²) in [4.78, 5) is 29.3. The lowest BCUT2D eigenvalue weighted by atomic mass is 10.1. The Morgan fingerprint density at radius 2 is 2.33 bits per heavy atom. The number of rotatable bonds is 3. The number of amides is 1. The van der Waals surface area contributed by atoms with Crippen molar-refractivity contribution >= 4 is 28.3 Å². The number of methoxy groups -OCH3 is 1. The molecule has 0 bridgehead atoms. The van der Waals surface area contributed by atoms with E-state index in [0.717, 1.165) is 5.69 Å². The predicted molar refractivity (Wildman–Crippen MR) is 68.7 cm³/mol. The van der Waals surface area contributed by atoms with Crippen LogP contribution in [0.2, 0.25) is 0 Å². The molecule has 1 amide bonds. The number of carbonyl (C=O) groups is 2. The Morgan fingerprint density at radius 3 is 2.89 bits per heavy atom. The van der Waals surface area contributed by atoms with Crippen LogP contribution < -0.4 is 4.90 Å². The van der Waals surface area contributed by atoms with Crippen molar-refractivity contribution < 1.29 is 14.3 Å². The van der Waals surface area contributed by atoms with E-state index in [2.05, 4.69) is 23.6 Å². The fourth-order valence-electron chi connectivity index (χ4n) is 1.88. The van der Waals surface area contributed by atoms with Gasteiger partial charge in [0, 0.05) is 18.3 Å². The molecule has 1 aliphatic rings. The molecule has 1 saturated heterocycles. The zero-order chi connectivity index (χ0) is 13.3. The quantitative estimate of drug-likeness (QED) is 0.784. The first-order chi connectivity index (χ1) is 8.52. The Labute approximate surface area is 110 Å². The summed E-state index contributed by atoms with van der Waals surface area (Å²) in [5.74, 6) is -0.417. The molecule has 0 radical (unpaired) electrons. The number of aromatic nitrogens is 1. The monoisotopic (exact) mass is 268 g/mol. The van der Waals surface area contributed by atoms with E-state index in [9.17, 15) is 9.59 Å². The zero-order valence-electron chi connectivity index (χ0n) is 10.7. The van der Waals surface area contributed by atoms with Crippen LogP contribution in [0, 0.1) is 5.92 Å². The molecule has 0 saturated carbocycles. The van der Waals surface area contributed by atoms with Gasteiger partial charge in [0.2, 0.25) is 5.91 Å². The second-order valence-corrected chi connectivity index (χ2v) is 5.47.